The van der Waals surface area contributed by atoms with E-state index in [1.807, 2.05) is 63.2 Å². The van der Waals surface area contributed by atoms with Crippen LogP contribution in [0.3, 0.4) is 0 Å². The number of carbonyl (C=O) groups excluding carboxylic acids is 3. The van der Waals surface area contributed by atoms with E-state index < -0.39 is 36.6 Å². The predicted octanol–water partition coefficient (Wildman–Crippen LogP) is 3.97. The van der Waals surface area contributed by atoms with Gasteiger partial charge < -0.3 is 20.0 Å². The largest absolute Gasteiger partial charge is 0.335 e. The van der Waals surface area contributed by atoms with Crippen molar-refractivity contribution in [2.24, 2.45) is 0 Å². The fraction of sp³-hybridized carbons (Fsp3) is 0.500. The smallest absolute Gasteiger partial charge is 0.333 e. The summed E-state index contributed by atoms with van der Waals surface area (Å²) in [5.74, 6) is -0.932. The summed E-state index contributed by atoms with van der Waals surface area (Å²) in [5, 5.41) is 5.06. The van der Waals surface area contributed by atoms with Gasteiger partial charge in [0, 0.05) is 18.6 Å². The average molecular weight is 550 g/mol. The van der Waals surface area contributed by atoms with E-state index in [0.717, 1.165) is 40.9 Å². The second-order valence-corrected chi connectivity index (χ2v) is 13.4. The van der Waals surface area contributed by atoms with Crippen molar-refractivity contribution in [2.75, 3.05) is 24.3 Å². The first-order chi connectivity index (χ1) is 17.3. The fourth-order valence-electron chi connectivity index (χ4n) is 4.34. The minimum absolute atomic E-state index is 0.139. The van der Waals surface area contributed by atoms with Crippen molar-refractivity contribution in [1.82, 2.24) is 15.1 Å². The maximum atomic E-state index is 13.7. The van der Waals surface area contributed by atoms with Crippen LogP contribution in [-0.2, 0) is 20.6 Å². The number of hydrogen-bond donors (Lipinski definition) is 3. The molecule has 0 aromatic heterocycles. The molecule has 3 rings (SSSR count). The highest BCUT2D eigenvalue weighted by Gasteiger charge is 2.37. The lowest BCUT2D eigenvalue weighted by atomic mass is 10.00. The molecule has 1 saturated heterocycles. The summed E-state index contributed by atoms with van der Waals surface area (Å²) in [7, 11) is -4.24. The summed E-state index contributed by atoms with van der Waals surface area (Å²) in [6.07, 6.45) is 2.37. The van der Waals surface area contributed by atoms with Gasteiger partial charge >= 0.3 is 13.6 Å². The van der Waals surface area contributed by atoms with Gasteiger partial charge in [0.25, 0.3) is 5.91 Å². The Balaban J connectivity index is 1.78. The molecule has 0 radical (unpaired) electrons. The van der Waals surface area contributed by atoms with E-state index in [1.54, 1.807) is 0 Å². The van der Waals surface area contributed by atoms with Gasteiger partial charge in [0.2, 0.25) is 5.91 Å². The SMILES string of the molecule is CC(C)(C)NC(=O)N(CCc1ccc2ccccc2c1)C(=O)C1CCCCN1C(=O)CSCP(=O)(O)O. The fourth-order valence-corrected chi connectivity index (χ4v) is 5.99. The number of likely N-dealkylation sites (tertiary alicyclic amines) is 1. The van der Waals surface area contributed by atoms with Crippen LogP contribution in [0.4, 0.5) is 4.79 Å². The summed E-state index contributed by atoms with van der Waals surface area (Å²) in [6, 6.07) is 12.7. The van der Waals surface area contributed by atoms with Gasteiger partial charge in [0.05, 0.1) is 11.2 Å². The lowest BCUT2D eigenvalue weighted by Gasteiger charge is -2.38. The van der Waals surface area contributed by atoms with Gasteiger partial charge in [-0.2, -0.15) is 0 Å². The number of hydrogen-bond acceptors (Lipinski definition) is 5. The number of piperidine rings is 1. The lowest BCUT2D eigenvalue weighted by Crippen LogP contribution is -2.58. The molecule has 1 aliphatic heterocycles. The molecule has 37 heavy (non-hydrogen) atoms. The van der Waals surface area contributed by atoms with E-state index >= 15 is 0 Å². The van der Waals surface area contributed by atoms with Gasteiger partial charge in [0.15, 0.2) is 0 Å². The third-order valence-corrected chi connectivity index (χ3v) is 8.55. The molecule has 4 amide bonds. The molecule has 9 nitrogen and oxygen atoms in total. The maximum absolute atomic E-state index is 13.7. The average Bonchev–Trinajstić information content (AvgIpc) is 2.82. The van der Waals surface area contributed by atoms with E-state index in [-0.39, 0.29) is 18.2 Å². The summed E-state index contributed by atoms with van der Waals surface area (Å²) in [4.78, 5) is 60.7. The molecule has 0 aliphatic carbocycles. The van der Waals surface area contributed by atoms with Crippen molar-refractivity contribution >= 4 is 48.0 Å². The van der Waals surface area contributed by atoms with Crippen molar-refractivity contribution in [2.45, 2.75) is 58.0 Å². The van der Waals surface area contributed by atoms with Crippen LogP contribution in [0.15, 0.2) is 42.5 Å². The normalized spacial score (nSPS) is 16.5. The molecule has 0 spiro atoms. The van der Waals surface area contributed by atoms with Crippen molar-refractivity contribution in [3.63, 3.8) is 0 Å². The number of fused-ring (bicyclic) bond motifs is 1. The third kappa shape index (κ3) is 8.85. The Bertz CT molecular complexity index is 1180. The molecule has 11 heteroatoms. The topological polar surface area (TPSA) is 127 Å². The van der Waals surface area contributed by atoms with Crippen LogP contribution >= 0.6 is 19.4 Å². The van der Waals surface area contributed by atoms with Crippen molar-refractivity contribution in [1.29, 1.82) is 0 Å². The standard InChI is InChI=1S/C26H36N3O6PS/c1-26(2,3)27-25(32)29(15-13-19-11-12-20-8-4-5-9-21(20)16-19)24(31)22-10-6-7-14-28(22)23(30)17-37-18-36(33,34)35/h4-5,8-9,11-12,16,22H,6-7,10,13-15,17-18H2,1-3H3,(H,27,32)(H2,33,34,35). The first kappa shape index (κ1) is 29.2. The zero-order valence-electron chi connectivity index (χ0n) is 21.6. The van der Waals surface area contributed by atoms with Gasteiger partial charge in [-0.3, -0.25) is 19.1 Å². The third-order valence-electron chi connectivity index (χ3n) is 6.02. The summed E-state index contributed by atoms with van der Waals surface area (Å²) < 4.78 is 11.1. The quantitative estimate of drug-likeness (QED) is 0.425. The number of thioether (sulfide) groups is 1. The Hall–Kier alpha value is -2.39. The highest BCUT2D eigenvalue weighted by molar-refractivity contribution is 8.04. The van der Waals surface area contributed by atoms with E-state index in [0.29, 0.717) is 19.4 Å². The van der Waals surface area contributed by atoms with Crippen LogP contribution in [-0.4, -0.2) is 73.3 Å². The molecule has 1 atom stereocenters. The minimum Gasteiger partial charge on any atom is -0.333 e. The molecule has 2 aromatic rings. The number of nitrogens with zero attached hydrogens (tertiary/aromatic N) is 2. The number of carbonyl (C=O) groups is 3. The lowest BCUT2D eigenvalue weighted by molar-refractivity contribution is -0.144. The predicted molar refractivity (Wildman–Crippen MR) is 146 cm³/mol. The number of rotatable bonds is 8. The monoisotopic (exact) mass is 549 g/mol. The van der Waals surface area contributed by atoms with E-state index in [9.17, 15) is 18.9 Å². The first-order valence-electron chi connectivity index (χ1n) is 12.4. The van der Waals surface area contributed by atoms with Crippen LogP contribution in [0.2, 0.25) is 0 Å². The maximum Gasteiger partial charge on any atom is 0.335 e. The number of nitrogens with one attached hydrogen (secondary N) is 1. The van der Waals surface area contributed by atoms with Gasteiger partial charge in [-0.05, 0) is 62.8 Å². The second kappa shape index (κ2) is 12.4. The number of amides is 4. The van der Waals surface area contributed by atoms with Crippen LogP contribution in [0.5, 0.6) is 0 Å². The second-order valence-electron chi connectivity index (χ2n) is 10.3. The molecular weight excluding hydrogens is 513 g/mol. The zero-order chi connectivity index (χ0) is 27.2. The highest BCUT2D eigenvalue weighted by Crippen LogP contribution is 2.38. The Labute approximate surface area is 222 Å². The molecule has 1 unspecified atom stereocenters. The zero-order valence-corrected chi connectivity index (χ0v) is 23.3. The van der Waals surface area contributed by atoms with E-state index in [4.69, 9.17) is 9.79 Å². The van der Waals surface area contributed by atoms with E-state index in [1.165, 1.54) is 9.80 Å². The number of urea groups is 1. The molecule has 2 aromatic carbocycles. The van der Waals surface area contributed by atoms with Gasteiger partial charge in [-0.15, -0.1) is 11.8 Å². The van der Waals surface area contributed by atoms with Crippen LogP contribution in [0, 0.1) is 0 Å². The van der Waals surface area contributed by atoms with Gasteiger partial charge in [-0.25, -0.2) is 4.79 Å². The molecule has 1 heterocycles. The van der Waals surface area contributed by atoms with Crippen molar-refractivity contribution in [3.8, 4) is 0 Å². The Morgan fingerprint density at radius 2 is 1.81 bits per heavy atom. The Morgan fingerprint density at radius 1 is 1.11 bits per heavy atom. The van der Waals surface area contributed by atoms with Crippen molar-refractivity contribution in [3.05, 3.63) is 48.0 Å². The molecule has 0 bridgehead atoms. The molecule has 3 N–H and O–H groups in total. The van der Waals surface area contributed by atoms with Crippen molar-refractivity contribution < 1.29 is 28.7 Å². The highest BCUT2D eigenvalue weighted by atomic mass is 32.2. The molecule has 0 saturated carbocycles. The molecular formula is C26H36N3O6PS. The summed E-state index contributed by atoms with van der Waals surface area (Å²) >= 11 is 0.848. The summed E-state index contributed by atoms with van der Waals surface area (Å²) in [5.41, 5.74) is -0.0258. The van der Waals surface area contributed by atoms with Gasteiger partial charge in [0.1, 0.15) is 6.04 Å². The summed E-state index contributed by atoms with van der Waals surface area (Å²) in [6.45, 7) is 6.04. The minimum atomic E-state index is -4.24. The van der Waals surface area contributed by atoms with Crippen LogP contribution in [0.1, 0.15) is 45.6 Å². The van der Waals surface area contributed by atoms with Gasteiger partial charge in [-0.1, -0.05) is 42.5 Å². The number of benzene rings is 2. The van der Waals surface area contributed by atoms with Crippen LogP contribution in [0.25, 0.3) is 10.8 Å². The number of imide groups is 1. The Kier molecular flexibility index (Phi) is 9.80. The molecule has 202 valence electrons. The van der Waals surface area contributed by atoms with E-state index in [2.05, 4.69) is 5.32 Å². The molecule has 1 aliphatic rings. The van der Waals surface area contributed by atoms with Crippen LogP contribution < -0.4 is 5.32 Å². The molecule has 1 fully saturated rings. The Morgan fingerprint density at radius 3 is 2.49 bits per heavy atom. The first-order valence-corrected chi connectivity index (χ1v) is 15.3.